The van der Waals surface area contributed by atoms with Crippen LogP contribution < -0.4 is 0 Å². The largest absolute Gasteiger partial charge is 0.472 e. The number of carbonyl (C=O) groups excluding carboxylic acids is 4. The van der Waals surface area contributed by atoms with Crippen molar-refractivity contribution >= 4 is 39.5 Å². The van der Waals surface area contributed by atoms with E-state index in [1.165, 1.54) is 116 Å². The lowest BCUT2D eigenvalue weighted by Crippen LogP contribution is -2.30. The Kier molecular flexibility index (Phi) is 54.8. The number of esters is 4. The first-order valence-corrected chi connectivity index (χ1v) is 37.3. The molecule has 0 saturated heterocycles. The molecule has 3 N–H and O–H groups in total. The molecule has 0 aliphatic rings. The third-order valence-electron chi connectivity index (χ3n) is 15.8. The molecule has 7 atom stereocenters. The van der Waals surface area contributed by atoms with Crippen molar-refractivity contribution in [3.05, 3.63) is 0 Å². The first-order valence-electron chi connectivity index (χ1n) is 34.3. The van der Waals surface area contributed by atoms with E-state index in [1.54, 1.807) is 0 Å². The summed E-state index contributed by atoms with van der Waals surface area (Å²) >= 11 is 0. The highest BCUT2D eigenvalue weighted by atomic mass is 31.2. The molecule has 0 amide bonds. The van der Waals surface area contributed by atoms with Crippen LogP contribution in [0.2, 0.25) is 0 Å². The van der Waals surface area contributed by atoms with Crippen molar-refractivity contribution in [3.8, 4) is 0 Å². The van der Waals surface area contributed by atoms with Crippen LogP contribution in [0.25, 0.3) is 0 Å². The van der Waals surface area contributed by atoms with E-state index in [0.29, 0.717) is 31.6 Å². The first-order chi connectivity index (χ1) is 40.7. The second-order valence-electron chi connectivity index (χ2n) is 25.3. The third kappa shape index (κ3) is 58.2. The maximum Gasteiger partial charge on any atom is 0.472 e. The van der Waals surface area contributed by atoms with Gasteiger partial charge < -0.3 is 33.8 Å². The summed E-state index contributed by atoms with van der Waals surface area (Å²) in [5.74, 6) is 0.816. The molecule has 5 unspecified atom stereocenters. The summed E-state index contributed by atoms with van der Waals surface area (Å²) < 4.78 is 68.1. The number of hydrogen-bond acceptors (Lipinski definition) is 15. The van der Waals surface area contributed by atoms with Crippen molar-refractivity contribution in [2.24, 2.45) is 23.7 Å². The monoisotopic (exact) mass is 1250 g/mol. The van der Waals surface area contributed by atoms with Crippen molar-refractivity contribution in [2.75, 3.05) is 39.6 Å². The van der Waals surface area contributed by atoms with Crippen LogP contribution in [0.5, 0.6) is 0 Å². The third-order valence-corrected chi connectivity index (χ3v) is 17.7. The summed E-state index contributed by atoms with van der Waals surface area (Å²) in [5.41, 5.74) is 0. The van der Waals surface area contributed by atoms with Crippen LogP contribution in [0.3, 0.4) is 0 Å². The highest BCUT2D eigenvalue weighted by Gasteiger charge is 2.30. The summed E-state index contributed by atoms with van der Waals surface area (Å²) in [7, 11) is -9.89. The molecule has 0 aromatic heterocycles. The van der Waals surface area contributed by atoms with Gasteiger partial charge in [-0.05, 0) is 49.4 Å². The quantitative estimate of drug-likeness (QED) is 0.0222. The number of hydrogen-bond donors (Lipinski definition) is 3. The average molecular weight is 1260 g/mol. The van der Waals surface area contributed by atoms with Gasteiger partial charge in [0.05, 0.1) is 26.4 Å². The molecule has 0 radical (unpaired) electrons. The second kappa shape index (κ2) is 56.1. The normalized spacial score (nSPS) is 15.0. The van der Waals surface area contributed by atoms with E-state index < -0.39 is 97.5 Å². The van der Waals surface area contributed by atoms with Crippen LogP contribution in [0, 0.1) is 23.7 Å². The Morgan fingerprint density at radius 1 is 0.329 bits per heavy atom. The molecule has 0 aromatic rings. The zero-order valence-corrected chi connectivity index (χ0v) is 57.0. The van der Waals surface area contributed by atoms with Crippen molar-refractivity contribution < 1.29 is 80.2 Å². The molecule has 0 bridgehead atoms. The van der Waals surface area contributed by atoms with E-state index in [0.717, 1.165) is 114 Å². The standard InChI is InChI=1S/C66H128O17P2/c1-9-58(7)44-36-28-20-13-11-12-14-22-32-40-48-65(70)82-61(52-76-63(68)46-38-30-21-16-15-18-26-34-42-56(3)4)54-80-84(72,73)78-50-60(67)51-79-85(74,75)81-55-62(83-66(71)49-41-33-25-24-29-37-45-59(8)10-2)53-77-64(69)47-39-31-23-17-19-27-35-43-57(5)6/h56-62,67H,9-55H2,1-8H3,(H,72,73)(H,74,75)/t58?,59?,60?,61-,62-/m1/s1. The zero-order valence-electron chi connectivity index (χ0n) is 55.2. The van der Waals surface area contributed by atoms with Crippen LogP contribution in [0.15, 0.2) is 0 Å². The lowest BCUT2D eigenvalue weighted by Gasteiger charge is -2.21. The van der Waals surface area contributed by atoms with Gasteiger partial charge >= 0.3 is 39.5 Å². The van der Waals surface area contributed by atoms with Crippen molar-refractivity contribution in [1.29, 1.82) is 0 Å². The molecule has 0 aliphatic heterocycles. The molecule has 19 heteroatoms. The Labute approximate surface area is 517 Å². The molecule has 0 fully saturated rings. The lowest BCUT2D eigenvalue weighted by atomic mass is 9.99. The van der Waals surface area contributed by atoms with Gasteiger partial charge in [0.25, 0.3) is 0 Å². The highest BCUT2D eigenvalue weighted by molar-refractivity contribution is 7.47. The molecule has 0 heterocycles. The number of phosphoric ester groups is 2. The summed E-state index contributed by atoms with van der Waals surface area (Å²) in [6.45, 7) is 14.0. The molecule has 0 aliphatic carbocycles. The van der Waals surface area contributed by atoms with Gasteiger partial charge in [0.15, 0.2) is 12.2 Å². The summed E-state index contributed by atoms with van der Waals surface area (Å²) in [5, 5.41) is 10.6. The van der Waals surface area contributed by atoms with E-state index in [2.05, 4.69) is 55.4 Å². The van der Waals surface area contributed by atoms with E-state index in [1.807, 2.05) is 0 Å². The predicted octanol–water partition coefficient (Wildman–Crippen LogP) is 18.1. The van der Waals surface area contributed by atoms with Gasteiger partial charge in [0, 0.05) is 25.7 Å². The Morgan fingerprint density at radius 3 is 0.835 bits per heavy atom. The van der Waals surface area contributed by atoms with Crippen LogP contribution >= 0.6 is 15.6 Å². The number of aliphatic hydroxyl groups excluding tert-OH is 1. The topological polar surface area (TPSA) is 237 Å². The van der Waals surface area contributed by atoms with Crippen LogP contribution in [0.1, 0.15) is 319 Å². The van der Waals surface area contributed by atoms with Gasteiger partial charge in [0.1, 0.15) is 19.3 Å². The lowest BCUT2D eigenvalue weighted by molar-refractivity contribution is -0.161. The van der Waals surface area contributed by atoms with Gasteiger partial charge in [-0.1, -0.05) is 267 Å². The molecule has 85 heavy (non-hydrogen) atoms. The summed E-state index contributed by atoms with van der Waals surface area (Å²) in [6.07, 6.45) is 36.3. The molecule has 17 nitrogen and oxygen atoms in total. The molecule has 0 spiro atoms. The summed E-state index contributed by atoms with van der Waals surface area (Å²) in [4.78, 5) is 72.3. The van der Waals surface area contributed by atoms with Crippen LogP contribution in [0.4, 0.5) is 0 Å². The number of unbranched alkanes of at least 4 members (excludes halogenated alkanes) is 27. The summed E-state index contributed by atoms with van der Waals surface area (Å²) in [6, 6.07) is 0. The fourth-order valence-electron chi connectivity index (χ4n) is 9.72. The second-order valence-corrected chi connectivity index (χ2v) is 28.2. The molecule has 504 valence electrons. The minimum absolute atomic E-state index is 0.101. The van der Waals surface area contributed by atoms with Gasteiger partial charge in [-0.2, -0.15) is 0 Å². The molecule has 0 rings (SSSR count). The van der Waals surface area contributed by atoms with Crippen LogP contribution in [-0.4, -0.2) is 96.7 Å². The molecular formula is C66H128O17P2. The predicted molar refractivity (Wildman–Crippen MR) is 340 cm³/mol. The number of carbonyl (C=O) groups is 4. The smallest absolute Gasteiger partial charge is 0.462 e. The molecule has 0 aromatic carbocycles. The van der Waals surface area contributed by atoms with Crippen molar-refractivity contribution in [3.63, 3.8) is 0 Å². The zero-order chi connectivity index (χ0) is 63.2. The van der Waals surface area contributed by atoms with Crippen molar-refractivity contribution in [1.82, 2.24) is 0 Å². The maximum absolute atomic E-state index is 13.0. The Bertz CT molecular complexity index is 1700. The van der Waals surface area contributed by atoms with Gasteiger partial charge in [-0.3, -0.25) is 37.3 Å². The fraction of sp³-hybridized carbons (Fsp3) is 0.939. The van der Waals surface area contributed by atoms with E-state index in [4.69, 9.17) is 37.0 Å². The van der Waals surface area contributed by atoms with Gasteiger partial charge in [-0.15, -0.1) is 0 Å². The van der Waals surface area contributed by atoms with Gasteiger partial charge in [0.2, 0.25) is 0 Å². The molecule has 0 saturated carbocycles. The number of aliphatic hydroxyl groups is 1. The van der Waals surface area contributed by atoms with Crippen molar-refractivity contribution in [2.45, 2.75) is 337 Å². The minimum Gasteiger partial charge on any atom is -0.462 e. The number of ether oxygens (including phenoxy) is 4. The SMILES string of the molecule is CCC(C)CCCCCCCCCCCCC(=O)O[C@H](COC(=O)CCCCCCCCCCC(C)C)COP(=O)(O)OCC(O)COP(=O)(O)OC[C@@H](COC(=O)CCCCCCCCCC(C)C)OC(=O)CCCCCCCCC(C)CC. The fourth-order valence-corrected chi connectivity index (χ4v) is 11.3. The first kappa shape index (κ1) is 83.1. The Morgan fingerprint density at radius 2 is 0.565 bits per heavy atom. The minimum atomic E-state index is -4.95. The van der Waals surface area contributed by atoms with E-state index >= 15 is 0 Å². The average Bonchev–Trinajstić information content (AvgIpc) is 3.63. The molecular weight excluding hydrogens is 1130 g/mol. The van der Waals surface area contributed by atoms with E-state index in [-0.39, 0.29) is 25.7 Å². The highest BCUT2D eigenvalue weighted by Crippen LogP contribution is 2.45. The maximum atomic E-state index is 13.0. The number of phosphoric acid groups is 2. The Hall–Kier alpha value is -1.94. The number of rotatable bonds is 63. The van der Waals surface area contributed by atoms with Crippen LogP contribution in [-0.2, 0) is 65.4 Å². The van der Waals surface area contributed by atoms with E-state index in [9.17, 15) is 43.2 Å². The Balaban J connectivity index is 5.26. The van der Waals surface area contributed by atoms with Gasteiger partial charge in [-0.25, -0.2) is 9.13 Å².